The Morgan fingerprint density at radius 1 is 1.30 bits per heavy atom. The van der Waals surface area contributed by atoms with Crippen molar-refractivity contribution in [1.29, 1.82) is 0 Å². The van der Waals surface area contributed by atoms with Gasteiger partial charge < -0.3 is 10.3 Å². The molecular weight excluding hydrogens is 306 g/mol. The number of piperazine rings is 1. The van der Waals surface area contributed by atoms with Crippen LogP contribution in [0, 0.1) is 0 Å². The lowest BCUT2D eigenvalue weighted by Gasteiger charge is -2.45. The molecule has 0 amide bonds. The van der Waals surface area contributed by atoms with Gasteiger partial charge in [-0.25, -0.2) is 0 Å². The largest absolute Gasteiger partial charge is 0.361 e. The van der Waals surface area contributed by atoms with E-state index in [1.54, 1.807) is 17.4 Å². The number of nitrogens with one attached hydrogen (secondary N) is 2. The maximum Gasteiger partial charge on any atom is 0.186 e. The van der Waals surface area contributed by atoms with Crippen LogP contribution in [0.15, 0.2) is 33.9 Å². The van der Waals surface area contributed by atoms with Gasteiger partial charge in [0.05, 0.1) is 5.69 Å². The van der Waals surface area contributed by atoms with Gasteiger partial charge in [-0.2, -0.15) is 11.3 Å². The van der Waals surface area contributed by atoms with Gasteiger partial charge in [0.25, 0.3) is 0 Å². The normalized spacial score (nSPS) is 21.0. The third-order valence-corrected chi connectivity index (χ3v) is 6.09. The van der Waals surface area contributed by atoms with Gasteiger partial charge in [0.2, 0.25) is 0 Å². The Balaban J connectivity index is 1.57. The SMILES string of the molecule is O=c1cc(-c2ccsc2)[nH]cc1CN1CCNCC12CCCC2. The molecular formula is C18H23N3OS. The number of hydrogen-bond donors (Lipinski definition) is 2. The van der Waals surface area contributed by atoms with Crippen LogP contribution in [0.25, 0.3) is 11.3 Å². The van der Waals surface area contributed by atoms with Gasteiger partial charge in [-0.3, -0.25) is 9.69 Å². The van der Waals surface area contributed by atoms with E-state index in [1.807, 2.05) is 17.6 Å². The molecule has 5 heteroatoms. The molecule has 1 spiro atoms. The molecule has 1 aliphatic carbocycles. The molecule has 122 valence electrons. The van der Waals surface area contributed by atoms with Crippen molar-refractivity contribution in [2.75, 3.05) is 19.6 Å². The second-order valence-corrected chi connectivity index (χ2v) is 7.56. The van der Waals surface area contributed by atoms with Crippen LogP contribution in [0.3, 0.4) is 0 Å². The lowest BCUT2D eigenvalue weighted by molar-refractivity contribution is 0.0569. The minimum atomic E-state index is 0.150. The summed E-state index contributed by atoms with van der Waals surface area (Å²) >= 11 is 1.65. The predicted molar refractivity (Wildman–Crippen MR) is 94.9 cm³/mol. The molecule has 3 heterocycles. The van der Waals surface area contributed by atoms with E-state index in [2.05, 4.69) is 20.6 Å². The highest BCUT2D eigenvalue weighted by atomic mass is 32.1. The Labute approximate surface area is 140 Å². The first kappa shape index (κ1) is 15.1. The van der Waals surface area contributed by atoms with Gasteiger partial charge in [0.15, 0.2) is 5.43 Å². The Morgan fingerprint density at radius 3 is 2.91 bits per heavy atom. The van der Waals surface area contributed by atoms with E-state index in [-0.39, 0.29) is 11.0 Å². The zero-order chi connectivity index (χ0) is 15.7. The summed E-state index contributed by atoms with van der Waals surface area (Å²) in [7, 11) is 0. The molecule has 0 bridgehead atoms. The first-order valence-electron chi connectivity index (χ1n) is 8.47. The number of hydrogen-bond acceptors (Lipinski definition) is 4. The van der Waals surface area contributed by atoms with Crippen LogP contribution >= 0.6 is 11.3 Å². The fraction of sp³-hybridized carbons (Fsp3) is 0.500. The van der Waals surface area contributed by atoms with Crippen LogP contribution in [0.5, 0.6) is 0 Å². The summed E-state index contributed by atoms with van der Waals surface area (Å²) in [6, 6.07) is 3.79. The van der Waals surface area contributed by atoms with E-state index < -0.39 is 0 Å². The maximum atomic E-state index is 12.6. The summed E-state index contributed by atoms with van der Waals surface area (Å²) in [5, 5.41) is 7.65. The molecule has 1 aliphatic heterocycles. The summed E-state index contributed by atoms with van der Waals surface area (Å²) in [4.78, 5) is 18.4. The van der Waals surface area contributed by atoms with Gasteiger partial charge in [-0.15, -0.1) is 0 Å². The number of pyridine rings is 1. The Kier molecular flexibility index (Phi) is 4.09. The van der Waals surface area contributed by atoms with Crippen molar-refractivity contribution < 1.29 is 0 Å². The molecule has 4 rings (SSSR count). The molecule has 0 radical (unpaired) electrons. The quantitative estimate of drug-likeness (QED) is 0.910. The maximum absolute atomic E-state index is 12.6. The van der Waals surface area contributed by atoms with Crippen molar-refractivity contribution in [3.8, 4) is 11.3 Å². The second-order valence-electron chi connectivity index (χ2n) is 6.78. The minimum Gasteiger partial charge on any atom is -0.361 e. The first-order valence-corrected chi connectivity index (χ1v) is 9.41. The number of nitrogens with zero attached hydrogens (tertiary/aromatic N) is 1. The van der Waals surface area contributed by atoms with E-state index in [1.165, 1.54) is 25.7 Å². The van der Waals surface area contributed by atoms with Crippen molar-refractivity contribution >= 4 is 11.3 Å². The summed E-state index contributed by atoms with van der Waals surface area (Å²) in [6.45, 7) is 3.89. The van der Waals surface area contributed by atoms with Crippen molar-refractivity contribution in [3.63, 3.8) is 0 Å². The number of thiophene rings is 1. The topological polar surface area (TPSA) is 48.1 Å². The van der Waals surface area contributed by atoms with Gasteiger partial charge in [-0.05, 0) is 24.3 Å². The molecule has 1 saturated carbocycles. The summed E-state index contributed by atoms with van der Waals surface area (Å²) in [6.07, 6.45) is 7.05. The third kappa shape index (κ3) is 2.89. The standard InChI is InChI=1S/C18H23N3OS/c22-17-9-16(14-3-8-23-12-14)20-10-15(17)11-21-7-6-19-13-18(21)4-1-2-5-18/h3,8-10,12,19H,1-2,4-7,11,13H2,(H,20,22). The molecule has 2 aromatic rings. The molecule has 1 saturated heterocycles. The van der Waals surface area contributed by atoms with Crippen LogP contribution in [0.1, 0.15) is 31.2 Å². The lowest BCUT2D eigenvalue weighted by atomic mass is 9.92. The van der Waals surface area contributed by atoms with Crippen LogP contribution in [0.2, 0.25) is 0 Å². The molecule has 4 nitrogen and oxygen atoms in total. The Bertz CT molecular complexity index is 716. The van der Waals surface area contributed by atoms with Crippen LogP contribution in [0.4, 0.5) is 0 Å². The molecule has 2 N–H and O–H groups in total. The van der Waals surface area contributed by atoms with Gasteiger partial charge in [0, 0.05) is 60.5 Å². The monoisotopic (exact) mass is 329 g/mol. The van der Waals surface area contributed by atoms with E-state index in [0.29, 0.717) is 0 Å². The fourth-order valence-electron chi connectivity index (χ4n) is 4.07. The van der Waals surface area contributed by atoms with Gasteiger partial charge >= 0.3 is 0 Å². The van der Waals surface area contributed by atoms with E-state index >= 15 is 0 Å². The fourth-order valence-corrected chi connectivity index (χ4v) is 4.73. The molecule has 2 aliphatic rings. The molecule has 23 heavy (non-hydrogen) atoms. The molecule has 0 atom stereocenters. The van der Waals surface area contributed by atoms with Gasteiger partial charge in [-0.1, -0.05) is 12.8 Å². The van der Waals surface area contributed by atoms with Crippen molar-refractivity contribution in [2.45, 2.75) is 37.8 Å². The van der Waals surface area contributed by atoms with Gasteiger partial charge in [0.1, 0.15) is 0 Å². The summed E-state index contributed by atoms with van der Waals surface area (Å²) < 4.78 is 0. The molecule has 0 aromatic carbocycles. The highest BCUT2D eigenvalue weighted by molar-refractivity contribution is 7.08. The van der Waals surface area contributed by atoms with Crippen molar-refractivity contribution in [1.82, 2.24) is 15.2 Å². The third-order valence-electron chi connectivity index (χ3n) is 5.40. The summed E-state index contributed by atoms with van der Waals surface area (Å²) in [5.74, 6) is 0. The molecule has 2 aromatic heterocycles. The average Bonchev–Trinajstić information content (AvgIpc) is 3.24. The van der Waals surface area contributed by atoms with Crippen LogP contribution in [-0.2, 0) is 6.54 Å². The predicted octanol–water partition coefficient (Wildman–Crippen LogP) is 2.82. The average molecular weight is 329 g/mol. The van der Waals surface area contributed by atoms with Crippen molar-refractivity contribution in [3.05, 3.63) is 44.9 Å². The highest BCUT2D eigenvalue weighted by Crippen LogP contribution is 2.36. The summed E-state index contributed by atoms with van der Waals surface area (Å²) in [5.41, 5.74) is 3.31. The highest BCUT2D eigenvalue weighted by Gasteiger charge is 2.41. The molecule has 0 unspecified atom stereocenters. The lowest BCUT2D eigenvalue weighted by Crippen LogP contribution is -2.59. The molecule has 2 fully saturated rings. The zero-order valence-corrected chi connectivity index (χ0v) is 14.1. The number of H-pyrrole nitrogens is 1. The first-order chi connectivity index (χ1) is 11.3. The van der Waals surface area contributed by atoms with Crippen LogP contribution in [-0.4, -0.2) is 35.1 Å². The number of aromatic nitrogens is 1. The zero-order valence-electron chi connectivity index (χ0n) is 13.3. The number of rotatable bonds is 3. The second kappa shape index (κ2) is 6.23. The van der Waals surface area contributed by atoms with Crippen molar-refractivity contribution in [2.24, 2.45) is 0 Å². The van der Waals surface area contributed by atoms with E-state index in [9.17, 15) is 4.79 Å². The minimum absolute atomic E-state index is 0.150. The Morgan fingerprint density at radius 2 is 2.17 bits per heavy atom. The smallest absolute Gasteiger partial charge is 0.186 e. The van der Waals surface area contributed by atoms with E-state index in [4.69, 9.17) is 0 Å². The van der Waals surface area contributed by atoms with Crippen LogP contribution < -0.4 is 10.7 Å². The Hall–Kier alpha value is -1.43. The van der Waals surface area contributed by atoms with E-state index in [0.717, 1.165) is 43.0 Å². The number of aromatic amines is 1.